The number of nitrogens with zero attached hydrogens (tertiary/aromatic N) is 2. The number of hydrogen-bond acceptors (Lipinski definition) is 4. The highest BCUT2D eigenvalue weighted by Crippen LogP contribution is 2.23. The summed E-state index contributed by atoms with van der Waals surface area (Å²) < 4.78 is 25.1. The fraction of sp³-hybridized carbons (Fsp3) is 0.562. The minimum Gasteiger partial charge on any atom is -0.391 e. The van der Waals surface area contributed by atoms with Gasteiger partial charge in [0.25, 0.3) is 5.91 Å². The lowest BCUT2D eigenvalue weighted by atomic mass is 10.0. The number of likely N-dealkylation sites (tertiary alicyclic amines) is 1. The summed E-state index contributed by atoms with van der Waals surface area (Å²) in [6.45, 7) is 4.25. The maximum absolute atomic E-state index is 12.7. The molecule has 2 unspecified atom stereocenters. The Morgan fingerprint density at radius 1 is 1.30 bits per heavy atom. The van der Waals surface area contributed by atoms with Gasteiger partial charge in [-0.25, -0.2) is 12.7 Å². The molecule has 23 heavy (non-hydrogen) atoms. The molecule has 1 saturated heterocycles. The fourth-order valence-corrected chi connectivity index (χ4v) is 3.92. The SMILES string of the molecule is Cc1cccc(C(=O)N2CC(O)C(CS(=O)(=O)N(C)C)C2)c1C. The van der Waals surface area contributed by atoms with E-state index in [2.05, 4.69) is 0 Å². The third-order valence-corrected chi connectivity index (χ3v) is 6.47. The molecule has 1 aliphatic heterocycles. The van der Waals surface area contributed by atoms with E-state index in [1.807, 2.05) is 26.0 Å². The lowest BCUT2D eigenvalue weighted by Crippen LogP contribution is -2.33. The number of carbonyl (C=O) groups is 1. The molecule has 0 saturated carbocycles. The molecule has 6 nitrogen and oxygen atoms in total. The molecule has 2 atom stereocenters. The van der Waals surface area contributed by atoms with Crippen LogP contribution in [0.25, 0.3) is 0 Å². The first-order valence-electron chi connectivity index (χ1n) is 7.57. The first kappa shape index (κ1) is 17.9. The number of rotatable bonds is 4. The summed E-state index contributed by atoms with van der Waals surface area (Å²) in [5, 5.41) is 10.1. The zero-order valence-corrected chi connectivity index (χ0v) is 14.8. The molecular formula is C16H24N2O4S. The van der Waals surface area contributed by atoms with Gasteiger partial charge < -0.3 is 10.0 Å². The van der Waals surface area contributed by atoms with Gasteiger partial charge in [-0.1, -0.05) is 12.1 Å². The lowest BCUT2D eigenvalue weighted by Gasteiger charge is -2.19. The maximum Gasteiger partial charge on any atom is 0.254 e. The second-order valence-corrected chi connectivity index (χ2v) is 8.57. The number of β-amino-alcohol motifs (C(OH)–C–C–N with tert-alkyl or cyclic N) is 1. The summed E-state index contributed by atoms with van der Waals surface area (Å²) in [7, 11) is -0.472. The van der Waals surface area contributed by atoms with Crippen LogP contribution in [-0.2, 0) is 10.0 Å². The molecule has 1 aliphatic rings. The van der Waals surface area contributed by atoms with Crippen LogP contribution in [0.2, 0.25) is 0 Å². The van der Waals surface area contributed by atoms with Crippen LogP contribution in [-0.4, -0.2) is 67.7 Å². The van der Waals surface area contributed by atoms with E-state index in [0.29, 0.717) is 5.56 Å². The highest BCUT2D eigenvalue weighted by Gasteiger charge is 2.37. The van der Waals surface area contributed by atoms with Crippen molar-refractivity contribution in [2.75, 3.05) is 32.9 Å². The molecule has 0 radical (unpaired) electrons. The van der Waals surface area contributed by atoms with E-state index in [-0.39, 0.29) is 24.7 Å². The van der Waals surface area contributed by atoms with Gasteiger partial charge in [0.15, 0.2) is 0 Å². The van der Waals surface area contributed by atoms with E-state index in [4.69, 9.17) is 0 Å². The van der Waals surface area contributed by atoms with E-state index >= 15 is 0 Å². The van der Waals surface area contributed by atoms with E-state index in [1.54, 1.807) is 11.0 Å². The number of amides is 1. The van der Waals surface area contributed by atoms with Crippen LogP contribution in [0.3, 0.4) is 0 Å². The van der Waals surface area contributed by atoms with Crippen molar-refractivity contribution in [2.45, 2.75) is 20.0 Å². The number of aryl methyl sites for hydroxylation is 1. The Morgan fingerprint density at radius 3 is 2.57 bits per heavy atom. The van der Waals surface area contributed by atoms with Crippen molar-refractivity contribution in [1.29, 1.82) is 0 Å². The van der Waals surface area contributed by atoms with Crippen molar-refractivity contribution < 1.29 is 18.3 Å². The average Bonchev–Trinajstić information content (AvgIpc) is 2.81. The molecule has 1 N–H and O–H groups in total. The van der Waals surface area contributed by atoms with Crippen LogP contribution in [0.4, 0.5) is 0 Å². The predicted molar refractivity (Wildman–Crippen MR) is 88.8 cm³/mol. The smallest absolute Gasteiger partial charge is 0.254 e. The normalized spacial score (nSPS) is 21.9. The van der Waals surface area contributed by atoms with Crippen molar-refractivity contribution >= 4 is 15.9 Å². The Labute approximate surface area is 137 Å². The highest BCUT2D eigenvalue weighted by molar-refractivity contribution is 7.89. The fourth-order valence-electron chi connectivity index (χ4n) is 2.76. The predicted octanol–water partition coefficient (Wildman–Crippen LogP) is 0.628. The standard InChI is InChI=1S/C16H24N2O4S/c1-11-6-5-7-14(12(11)2)16(20)18-8-13(15(19)9-18)10-23(21,22)17(3)4/h5-7,13,15,19H,8-10H2,1-4H3. The monoisotopic (exact) mass is 340 g/mol. The largest absolute Gasteiger partial charge is 0.391 e. The summed E-state index contributed by atoms with van der Waals surface area (Å²) >= 11 is 0. The van der Waals surface area contributed by atoms with E-state index in [1.165, 1.54) is 14.1 Å². The van der Waals surface area contributed by atoms with E-state index in [9.17, 15) is 18.3 Å². The summed E-state index contributed by atoms with van der Waals surface area (Å²) in [5.74, 6) is -0.774. The second-order valence-electron chi connectivity index (χ2n) is 6.35. The van der Waals surface area contributed by atoms with E-state index < -0.39 is 22.0 Å². The van der Waals surface area contributed by atoms with Gasteiger partial charge in [0.2, 0.25) is 10.0 Å². The quantitative estimate of drug-likeness (QED) is 0.872. The molecule has 1 heterocycles. The summed E-state index contributed by atoms with van der Waals surface area (Å²) in [4.78, 5) is 14.2. The topological polar surface area (TPSA) is 77.9 Å². The van der Waals surface area contributed by atoms with Crippen LogP contribution in [0.5, 0.6) is 0 Å². The van der Waals surface area contributed by atoms with Gasteiger partial charge in [0.05, 0.1) is 11.9 Å². The van der Waals surface area contributed by atoms with Crippen LogP contribution < -0.4 is 0 Å². The molecule has 1 amide bonds. The van der Waals surface area contributed by atoms with Gasteiger partial charge in [0.1, 0.15) is 0 Å². The molecule has 1 aromatic carbocycles. The van der Waals surface area contributed by atoms with Crippen LogP contribution in [0.15, 0.2) is 18.2 Å². The molecule has 0 aromatic heterocycles. The third kappa shape index (κ3) is 3.73. The Bertz CT molecular complexity index is 700. The summed E-state index contributed by atoms with van der Waals surface area (Å²) in [5.41, 5.74) is 2.55. The van der Waals surface area contributed by atoms with Gasteiger partial charge in [-0.05, 0) is 31.0 Å². The maximum atomic E-state index is 12.7. The minimum atomic E-state index is -3.41. The zero-order chi connectivity index (χ0) is 17.4. The van der Waals surface area contributed by atoms with Crippen LogP contribution >= 0.6 is 0 Å². The molecule has 1 fully saturated rings. The summed E-state index contributed by atoms with van der Waals surface area (Å²) in [6, 6.07) is 5.54. The van der Waals surface area contributed by atoms with E-state index in [0.717, 1.165) is 15.4 Å². The molecule has 2 rings (SSSR count). The van der Waals surface area contributed by atoms with Crippen LogP contribution in [0.1, 0.15) is 21.5 Å². The van der Waals surface area contributed by atoms with Crippen molar-refractivity contribution in [2.24, 2.45) is 5.92 Å². The van der Waals surface area contributed by atoms with Gasteiger partial charge in [-0.3, -0.25) is 4.79 Å². The van der Waals surface area contributed by atoms with Crippen molar-refractivity contribution in [1.82, 2.24) is 9.21 Å². The Hall–Kier alpha value is -1.44. The molecule has 0 bridgehead atoms. The number of benzene rings is 1. The number of hydrogen-bond donors (Lipinski definition) is 1. The van der Waals surface area contributed by atoms with Crippen molar-refractivity contribution in [3.63, 3.8) is 0 Å². The molecule has 0 aliphatic carbocycles. The Kier molecular flexibility index (Phi) is 5.13. The average molecular weight is 340 g/mol. The number of aliphatic hydroxyl groups excluding tert-OH is 1. The number of aliphatic hydroxyl groups is 1. The highest BCUT2D eigenvalue weighted by atomic mass is 32.2. The van der Waals surface area contributed by atoms with Crippen molar-refractivity contribution in [3.05, 3.63) is 34.9 Å². The lowest BCUT2D eigenvalue weighted by molar-refractivity contribution is 0.0764. The molecule has 0 spiro atoms. The van der Waals surface area contributed by atoms with Gasteiger partial charge >= 0.3 is 0 Å². The molecular weight excluding hydrogens is 316 g/mol. The Morgan fingerprint density at radius 2 is 1.96 bits per heavy atom. The number of sulfonamides is 1. The molecule has 7 heteroatoms. The minimum absolute atomic E-state index is 0.155. The van der Waals surface area contributed by atoms with Gasteiger partial charge in [-0.15, -0.1) is 0 Å². The second kappa shape index (κ2) is 6.59. The zero-order valence-electron chi connectivity index (χ0n) is 14.0. The molecule has 1 aromatic rings. The summed E-state index contributed by atoms with van der Waals surface area (Å²) in [6.07, 6.45) is -0.821. The van der Waals surface area contributed by atoms with Crippen molar-refractivity contribution in [3.8, 4) is 0 Å². The number of carbonyl (C=O) groups excluding carboxylic acids is 1. The third-order valence-electron chi connectivity index (χ3n) is 4.51. The van der Waals surface area contributed by atoms with Gasteiger partial charge in [0, 0.05) is 38.7 Å². The first-order chi connectivity index (χ1) is 10.6. The first-order valence-corrected chi connectivity index (χ1v) is 9.18. The van der Waals surface area contributed by atoms with Gasteiger partial charge in [-0.2, -0.15) is 0 Å². The Balaban J connectivity index is 2.15. The molecule has 128 valence electrons. The van der Waals surface area contributed by atoms with Crippen LogP contribution in [0, 0.1) is 19.8 Å².